The summed E-state index contributed by atoms with van der Waals surface area (Å²) in [5.41, 5.74) is 0.666. The summed E-state index contributed by atoms with van der Waals surface area (Å²) in [6.45, 7) is 0.157. The number of benzene rings is 2. The molecule has 2 bridgehead atoms. The third-order valence-corrected chi connectivity index (χ3v) is 4.38. The van der Waals surface area contributed by atoms with Gasteiger partial charge < -0.3 is 13.7 Å². The highest BCUT2D eigenvalue weighted by molar-refractivity contribution is 7.87. The van der Waals surface area contributed by atoms with Gasteiger partial charge in [0.05, 0.1) is 7.11 Å². The highest BCUT2D eigenvalue weighted by atomic mass is 32.2. The van der Waals surface area contributed by atoms with Gasteiger partial charge in [0, 0.05) is 0 Å². The summed E-state index contributed by atoms with van der Waals surface area (Å²) in [7, 11) is -2.87. The molecule has 0 atom stereocenters. The first-order chi connectivity index (χ1) is 10.5. The summed E-state index contributed by atoms with van der Waals surface area (Å²) < 4.78 is 40.1. The van der Waals surface area contributed by atoms with E-state index in [1.165, 1.54) is 31.4 Å². The van der Waals surface area contributed by atoms with Crippen LogP contribution in [0.1, 0.15) is 15.9 Å². The van der Waals surface area contributed by atoms with Gasteiger partial charge in [-0.2, -0.15) is 8.42 Å². The standard InChI is InChI=1S/C15H12O6S/c1-19-15(16)12-6-3-7-13-14(12)21-22(17,18)11-5-2-4-10(8-11)9-20-13/h2-8H,9H2,1H3. The molecule has 0 unspecified atom stereocenters. The Hall–Kier alpha value is -2.54. The number of hydrogen-bond donors (Lipinski definition) is 0. The maximum absolute atomic E-state index is 12.4. The summed E-state index contributed by atoms with van der Waals surface area (Å²) in [6.07, 6.45) is 0. The smallest absolute Gasteiger partial charge is 0.341 e. The molecule has 2 aromatic rings. The van der Waals surface area contributed by atoms with E-state index in [-0.39, 0.29) is 28.6 Å². The number of hydrogen-bond acceptors (Lipinski definition) is 6. The Labute approximate surface area is 127 Å². The van der Waals surface area contributed by atoms with Crippen molar-refractivity contribution in [2.75, 3.05) is 7.11 Å². The van der Waals surface area contributed by atoms with Gasteiger partial charge in [-0.25, -0.2) is 4.79 Å². The predicted octanol–water partition coefficient (Wildman–Crippen LogP) is 2.13. The summed E-state index contributed by atoms with van der Waals surface area (Å²) in [4.78, 5) is 11.8. The van der Waals surface area contributed by atoms with Crippen LogP contribution in [-0.4, -0.2) is 21.5 Å². The molecule has 7 heteroatoms. The fourth-order valence-electron chi connectivity index (χ4n) is 2.10. The topological polar surface area (TPSA) is 78.9 Å². The molecule has 3 rings (SSSR count). The van der Waals surface area contributed by atoms with Crippen LogP contribution in [0.25, 0.3) is 0 Å². The van der Waals surface area contributed by atoms with Crippen LogP contribution in [0.5, 0.6) is 11.5 Å². The van der Waals surface area contributed by atoms with Crippen molar-refractivity contribution in [3.05, 3.63) is 53.6 Å². The molecule has 22 heavy (non-hydrogen) atoms. The SMILES string of the molecule is COC(=O)c1cccc2c1OS(=O)(=O)c1cccc(c1)CO2. The van der Waals surface area contributed by atoms with Gasteiger partial charge in [-0.1, -0.05) is 18.2 Å². The van der Waals surface area contributed by atoms with Gasteiger partial charge in [0.2, 0.25) is 0 Å². The molecule has 0 spiro atoms. The Bertz CT molecular complexity index is 841. The summed E-state index contributed by atoms with van der Waals surface area (Å²) in [5.74, 6) is -0.715. The molecule has 0 aromatic heterocycles. The minimum Gasteiger partial charge on any atom is -0.485 e. The Morgan fingerprint density at radius 1 is 1.18 bits per heavy atom. The maximum Gasteiger partial charge on any atom is 0.341 e. The van der Waals surface area contributed by atoms with Crippen molar-refractivity contribution < 1.29 is 26.9 Å². The van der Waals surface area contributed by atoms with Crippen molar-refractivity contribution >= 4 is 16.1 Å². The molecule has 0 aliphatic carbocycles. The average molecular weight is 320 g/mol. The predicted molar refractivity (Wildman–Crippen MR) is 76.4 cm³/mol. The van der Waals surface area contributed by atoms with E-state index >= 15 is 0 Å². The van der Waals surface area contributed by atoms with Gasteiger partial charge in [0.1, 0.15) is 17.1 Å². The second-order valence-electron chi connectivity index (χ2n) is 4.60. The van der Waals surface area contributed by atoms with Crippen LogP contribution in [0, 0.1) is 0 Å². The van der Waals surface area contributed by atoms with Crippen LogP contribution in [-0.2, 0) is 21.5 Å². The van der Waals surface area contributed by atoms with Crippen LogP contribution in [0.15, 0.2) is 47.4 Å². The van der Waals surface area contributed by atoms with Gasteiger partial charge in [0.15, 0.2) is 11.5 Å². The quantitative estimate of drug-likeness (QED) is 0.591. The second-order valence-corrected chi connectivity index (χ2v) is 6.14. The molecule has 114 valence electrons. The van der Waals surface area contributed by atoms with Crippen LogP contribution in [0.4, 0.5) is 0 Å². The third-order valence-electron chi connectivity index (χ3n) is 3.16. The van der Waals surface area contributed by atoms with Crippen molar-refractivity contribution in [2.45, 2.75) is 11.5 Å². The number of carbonyl (C=O) groups excluding carboxylic acids is 1. The Kier molecular flexibility index (Phi) is 3.50. The van der Waals surface area contributed by atoms with E-state index in [0.717, 1.165) is 0 Å². The minimum atomic E-state index is -4.07. The Morgan fingerprint density at radius 2 is 1.95 bits per heavy atom. The molecule has 0 amide bonds. The monoisotopic (exact) mass is 320 g/mol. The first-order valence-electron chi connectivity index (χ1n) is 6.39. The zero-order valence-corrected chi connectivity index (χ0v) is 12.4. The van der Waals surface area contributed by atoms with Crippen molar-refractivity contribution in [3.63, 3.8) is 0 Å². The normalized spacial score (nSPS) is 15.1. The molecule has 6 nitrogen and oxygen atoms in total. The van der Waals surface area contributed by atoms with E-state index in [9.17, 15) is 13.2 Å². The average Bonchev–Trinajstić information content (AvgIpc) is 2.55. The second kappa shape index (κ2) is 5.34. The largest absolute Gasteiger partial charge is 0.485 e. The molecular formula is C15H12O6S. The van der Waals surface area contributed by atoms with Crippen LogP contribution in [0.2, 0.25) is 0 Å². The Morgan fingerprint density at radius 3 is 2.73 bits per heavy atom. The fourth-order valence-corrected chi connectivity index (χ4v) is 3.12. The van der Waals surface area contributed by atoms with Crippen molar-refractivity contribution in [3.8, 4) is 11.5 Å². The number of para-hydroxylation sites is 1. The molecule has 2 aromatic carbocycles. The van der Waals surface area contributed by atoms with Gasteiger partial charge in [-0.3, -0.25) is 0 Å². The molecule has 0 fully saturated rings. The molecule has 1 aliphatic rings. The van der Waals surface area contributed by atoms with E-state index in [4.69, 9.17) is 8.92 Å². The van der Waals surface area contributed by atoms with E-state index in [2.05, 4.69) is 4.74 Å². The minimum absolute atomic E-state index is 0.00104. The molecule has 1 aliphatic heterocycles. The van der Waals surface area contributed by atoms with E-state index in [0.29, 0.717) is 5.56 Å². The highest BCUT2D eigenvalue weighted by Gasteiger charge is 2.26. The number of fused-ring (bicyclic) bond motifs is 3. The van der Waals surface area contributed by atoms with Crippen LogP contribution in [0.3, 0.4) is 0 Å². The lowest BCUT2D eigenvalue weighted by Crippen LogP contribution is -2.13. The molecule has 0 saturated heterocycles. The number of esters is 1. The zero-order valence-electron chi connectivity index (χ0n) is 11.6. The molecule has 0 radical (unpaired) electrons. The number of ether oxygens (including phenoxy) is 2. The highest BCUT2D eigenvalue weighted by Crippen LogP contribution is 2.36. The molecule has 1 heterocycles. The van der Waals surface area contributed by atoms with Crippen molar-refractivity contribution in [2.24, 2.45) is 0 Å². The lowest BCUT2D eigenvalue weighted by Gasteiger charge is -2.13. The molecular weight excluding hydrogens is 308 g/mol. The van der Waals surface area contributed by atoms with E-state index in [1.807, 2.05) is 0 Å². The zero-order chi connectivity index (χ0) is 15.7. The fraction of sp³-hybridized carbons (Fsp3) is 0.133. The van der Waals surface area contributed by atoms with E-state index in [1.54, 1.807) is 18.2 Å². The van der Waals surface area contributed by atoms with Gasteiger partial charge in [0.25, 0.3) is 0 Å². The van der Waals surface area contributed by atoms with Gasteiger partial charge in [-0.15, -0.1) is 0 Å². The van der Waals surface area contributed by atoms with Crippen LogP contribution < -0.4 is 8.92 Å². The molecule has 0 saturated carbocycles. The number of methoxy groups -OCH3 is 1. The Balaban J connectivity index is 2.20. The number of rotatable bonds is 1. The van der Waals surface area contributed by atoms with Crippen LogP contribution >= 0.6 is 0 Å². The van der Waals surface area contributed by atoms with Crippen molar-refractivity contribution in [1.82, 2.24) is 0 Å². The van der Waals surface area contributed by atoms with Gasteiger partial charge in [-0.05, 0) is 29.8 Å². The first-order valence-corrected chi connectivity index (χ1v) is 7.79. The maximum atomic E-state index is 12.4. The van der Waals surface area contributed by atoms with E-state index < -0.39 is 16.1 Å². The molecule has 0 N–H and O–H groups in total. The number of carbonyl (C=O) groups is 1. The third kappa shape index (κ3) is 2.50. The first kappa shape index (κ1) is 14.4. The van der Waals surface area contributed by atoms with Crippen molar-refractivity contribution in [1.29, 1.82) is 0 Å². The summed E-state index contributed by atoms with van der Waals surface area (Å²) >= 11 is 0. The summed E-state index contributed by atoms with van der Waals surface area (Å²) in [6, 6.07) is 10.8. The van der Waals surface area contributed by atoms with Gasteiger partial charge >= 0.3 is 16.1 Å². The lowest BCUT2D eigenvalue weighted by molar-refractivity contribution is 0.0598. The lowest BCUT2D eigenvalue weighted by atomic mass is 10.2. The summed E-state index contributed by atoms with van der Waals surface area (Å²) in [5, 5.41) is 0.